The van der Waals surface area contributed by atoms with Crippen molar-refractivity contribution in [3.05, 3.63) is 28.8 Å². The van der Waals surface area contributed by atoms with E-state index < -0.39 is 10.0 Å². The van der Waals surface area contributed by atoms with Crippen LogP contribution < -0.4 is 5.32 Å². The molecule has 6 nitrogen and oxygen atoms in total. The second kappa shape index (κ2) is 7.81. The lowest BCUT2D eigenvalue weighted by Gasteiger charge is -2.31. The van der Waals surface area contributed by atoms with Gasteiger partial charge in [-0.15, -0.1) is 11.3 Å². The van der Waals surface area contributed by atoms with E-state index in [1.165, 1.54) is 28.1 Å². The minimum Gasteiger partial charge on any atom is -0.367 e. The van der Waals surface area contributed by atoms with Gasteiger partial charge in [-0.3, -0.25) is 0 Å². The molecule has 0 amide bonds. The van der Waals surface area contributed by atoms with Gasteiger partial charge >= 0.3 is 0 Å². The summed E-state index contributed by atoms with van der Waals surface area (Å²) < 4.78 is 39.1. The van der Waals surface area contributed by atoms with Crippen LogP contribution in [-0.2, 0) is 10.0 Å². The normalized spacial score (nSPS) is 16.8. The molecule has 0 unspecified atom stereocenters. The first kappa shape index (κ1) is 20.2. The average Bonchev–Trinajstić information content (AvgIpc) is 2.98. The van der Waals surface area contributed by atoms with Gasteiger partial charge in [0.15, 0.2) is 0 Å². The van der Waals surface area contributed by atoms with Crippen LogP contribution in [0.1, 0.15) is 43.3 Å². The van der Waals surface area contributed by atoms with Crippen molar-refractivity contribution in [1.29, 1.82) is 0 Å². The Bertz CT molecular complexity index is 919. The first-order valence-corrected chi connectivity index (χ1v) is 11.7. The third kappa shape index (κ3) is 4.64. The van der Waals surface area contributed by atoms with Crippen molar-refractivity contribution in [2.24, 2.45) is 0 Å². The molecule has 1 aliphatic heterocycles. The highest BCUT2D eigenvalue weighted by molar-refractivity contribution is 7.88. The van der Waals surface area contributed by atoms with E-state index >= 15 is 0 Å². The van der Waals surface area contributed by atoms with Crippen LogP contribution in [0.5, 0.6) is 0 Å². The van der Waals surface area contributed by atoms with Crippen molar-refractivity contribution in [3.63, 3.8) is 0 Å². The zero-order valence-corrected chi connectivity index (χ0v) is 17.6. The quantitative estimate of drug-likeness (QED) is 0.812. The lowest BCUT2D eigenvalue weighted by molar-refractivity contribution is 0.331. The number of pyridine rings is 1. The molecule has 0 bridgehead atoms. The van der Waals surface area contributed by atoms with Crippen LogP contribution in [0.4, 0.5) is 10.2 Å². The molecular weight excluding hydrogens is 387 g/mol. The third-order valence-corrected chi connectivity index (χ3v) is 7.48. The molecule has 0 radical (unpaired) electrons. The van der Waals surface area contributed by atoms with Gasteiger partial charge in [-0.05, 0) is 25.8 Å². The van der Waals surface area contributed by atoms with Crippen LogP contribution in [0.2, 0.25) is 0 Å². The first-order chi connectivity index (χ1) is 12.6. The Labute approximate surface area is 163 Å². The molecule has 3 rings (SSSR count). The molecule has 148 valence electrons. The predicted octanol–water partition coefficient (Wildman–Crippen LogP) is 3.61. The van der Waals surface area contributed by atoms with E-state index in [-0.39, 0.29) is 11.9 Å². The minimum atomic E-state index is -3.15. The Morgan fingerprint density at radius 2 is 2.00 bits per heavy atom. The number of nitrogens with one attached hydrogen (secondary N) is 1. The van der Waals surface area contributed by atoms with Crippen molar-refractivity contribution in [2.75, 3.05) is 24.7 Å². The molecule has 2 aromatic rings. The topological polar surface area (TPSA) is 75.2 Å². The van der Waals surface area contributed by atoms with Gasteiger partial charge in [-0.25, -0.2) is 27.1 Å². The highest BCUT2D eigenvalue weighted by atomic mass is 32.2. The van der Waals surface area contributed by atoms with Gasteiger partial charge in [-0.2, -0.15) is 0 Å². The standard InChI is InChI=1S/C18H25FN4O2S2/c1-11(2)18-21-12(3)17(26-18)14-9-16(20-10-15(14)19)22-13-5-7-23(8-6-13)27(4,24)25/h9-11,13H,5-8H2,1-4H3,(H,20,22). The van der Waals surface area contributed by atoms with Crippen LogP contribution in [0.25, 0.3) is 10.4 Å². The molecule has 0 atom stereocenters. The third-order valence-electron chi connectivity index (χ3n) is 4.68. The molecule has 0 aliphatic carbocycles. The van der Waals surface area contributed by atoms with E-state index in [1.54, 1.807) is 6.07 Å². The second-order valence-corrected chi connectivity index (χ2v) is 10.3. The summed E-state index contributed by atoms with van der Waals surface area (Å²) in [4.78, 5) is 9.54. The number of halogens is 1. The first-order valence-electron chi connectivity index (χ1n) is 9.00. The second-order valence-electron chi connectivity index (χ2n) is 7.25. The lowest BCUT2D eigenvalue weighted by atomic mass is 10.1. The van der Waals surface area contributed by atoms with E-state index in [1.807, 2.05) is 6.92 Å². The van der Waals surface area contributed by atoms with Gasteiger partial charge in [0, 0.05) is 30.6 Å². The summed E-state index contributed by atoms with van der Waals surface area (Å²) >= 11 is 1.51. The van der Waals surface area contributed by atoms with Gasteiger partial charge in [0.05, 0.1) is 28.0 Å². The van der Waals surface area contributed by atoms with Gasteiger partial charge in [-0.1, -0.05) is 13.8 Å². The largest absolute Gasteiger partial charge is 0.367 e. The number of aryl methyl sites for hydroxylation is 1. The van der Waals surface area contributed by atoms with Crippen LogP contribution >= 0.6 is 11.3 Å². The fourth-order valence-electron chi connectivity index (χ4n) is 3.15. The summed E-state index contributed by atoms with van der Waals surface area (Å²) in [6.45, 7) is 7.00. The van der Waals surface area contributed by atoms with Gasteiger partial charge in [0.2, 0.25) is 10.0 Å². The van der Waals surface area contributed by atoms with Crippen LogP contribution in [0.15, 0.2) is 12.3 Å². The number of piperidine rings is 1. The van der Waals surface area contributed by atoms with E-state index in [2.05, 4.69) is 29.1 Å². The van der Waals surface area contributed by atoms with E-state index in [0.717, 1.165) is 15.6 Å². The number of rotatable bonds is 5. The Morgan fingerprint density at radius 3 is 2.56 bits per heavy atom. The van der Waals surface area contributed by atoms with Gasteiger partial charge < -0.3 is 5.32 Å². The van der Waals surface area contributed by atoms with E-state index in [0.29, 0.717) is 43.2 Å². The predicted molar refractivity (Wildman–Crippen MR) is 107 cm³/mol. The molecule has 0 spiro atoms. The highest BCUT2D eigenvalue weighted by Gasteiger charge is 2.25. The summed E-state index contributed by atoms with van der Waals surface area (Å²) in [5.41, 5.74) is 1.32. The maximum atomic E-state index is 14.4. The Morgan fingerprint density at radius 1 is 1.33 bits per heavy atom. The smallest absolute Gasteiger partial charge is 0.211 e. The zero-order valence-electron chi connectivity index (χ0n) is 16.0. The van der Waals surface area contributed by atoms with Crippen LogP contribution in [0, 0.1) is 12.7 Å². The number of sulfonamides is 1. The lowest BCUT2D eigenvalue weighted by Crippen LogP contribution is -2.41. The number of nitrogens with zero attached hydrogens (tertiary/aromatic N) is 3. The maximum Gasteiger partial charge on any atom is 0.211 e. The molecule has 1 saturated heterocycles. The number of hydrogen-bond donors (Lipinski definition) is 1. The summed E-state index contributed by atoms with van der Waals surface area (Å²) in [6, 6.07) is 1.84. The Kier molecular flexibility index (Phi) is 5.83. The maximum absolute atomic E-state index is 14.4. The van der Waals surface area contributed by atoms with Crippen molar-refractivity contribution in [3.8, 4) is 10.4 Å². The fourth-order valence-corrected chi connectivity index (χ4v) is 5.11. The molecule has 3 heterocycles. The summed E-state index contributed by atoms with van der Waals surface area (Å²) in [7, 11) is -3.15. The summed E-state index contributed by atoms with van der Waals surface area (Å²) in [5, 5.41) is 4.31. The van der Waals surface area contributed by atoms with Crippen molar-refractivity contribution in [1.82, 2.24) is 14.3 Å². The van der Waals surface area contributed by atoms with E-state index in [9.17, 15) is 12.8 Å². The van der Waals surface area contributed by atoms with Crippen molar-refractivity contribution < 1.29 is 12.8 Å². The molecule has 9 heteroatoms. The molecule has 2 aromatic heterocycles. The number of aromatic nitrogens is 2. The van der Waals surface area contributed by atoms with E-state index in [4.69, 9.17) is 0 Å². The monoisotopic (exact) mass is 412 g/mol. The Balaban J connectivity index is 1.77. The van der Waals surface area contributed by atoms with Crippen LogP contribution in [0.3, 0.4) is 0 Å². The zero-order chi connectivity index (χ0) is 19.8. The van der Waals surface area contributed by atoms with Crippen LogP contribution in [-0.4, -0.2) is 48.1 Å². The van der Waals surface area contributed by atoms with Gasteiger partial charge in [0.25, 0.3) is 0 Å². The molecule has 0 aromatic carbocycles. The summed E-state index contributed by atoms with van der Waals surface area (Å²) in [5.74, 6) is 0.530. The molecule has 0 saturated carbocycles. The molecule has 1 N–H and O–H groups in total. The average molecular weight is 413 g/mol. The Hall–Kier alpha value is -1.58. The number of anilines is 1. The van der Waals surface area contributed by atoms with Gasteiger partial charge in [0.1, 0.15) is 11.6 Å². The fraction of sp³-hybridized carbons (Fsp3) is 0.556. The molecule has 27 heavy (non-hydrogen) atoms. The SMILES string of the molecule is Cc1nc(C(C)C)sc1-c1cc(NC2CCN(S(C)(=O)=O)CC2)ncc1F. The minimum absolute atomic E-state index is 0.114. The number of thiazole rings is 1. The highest BCUT2D eigenvalue weighted by Crippen LogP contribution is 2.35. The number of hydrogen-bond acceptors (Lipinski definition) is 6. The summed E-state index contributed by atoms with van der Waals surface area (Å²) in [6.07, 6.45) is 3.85. The van der Waals surface area contributed by atoms with Crippen molar-refractivity contribution in [2.45, 2.75) is 45.6 Å². The molecule has 1 fully saturated rings. The van der Waals surface area contributed by atoms with Crippen molar-refractivity contribution >= 4 is 27.2 Å². The molecular formula is C18H25FN4O2S2. The molecule has 1 aliphatic rings.